The smallest absolute Gasteiger partial charge is 1.00 e. The SMILES string of the molecule is Cc1ccc[c-]1C.[Cl-].[Cl-].[Hf+4].c1ccc2[cH-]c(-n3ccpc3)cc2c1. The maximum Gasteiger partial charge on any atom is 4.00 e. The minimum absolute atomic E-state index is 0. The van der Waals surface area contributed by atoms with Gasteiger partial charge in [-0.3, -0.25) is 0 Å². The van der Waals surface area contributed by atoms with E-state index in [9.17, 15) is 0 Å². The Morgan fingerprint density at radius 1 is 1.08 bits per heavy atom. The topological polar surface area (TPSA) is 4.93 Å². The number of nitrogens with zero attached hydrogens (tertiary/aromatic N) is 1. The summed E-state index contributed by atoms with van der Waals surface area (Å²) >= 11 is 0. The predicted molar refractivity (Wildman–Crippen MR) is 92.9 cm³/mol. The third-order valence-electron chi connectivity index (χ3n) is 3.72. The second kappa shape index (κ2) is 11.1. The van der Waals surface area contributed by atoms with Crippen LogP contribution in [0.2, 0.25) is 0 Å². The minimum Gasteiger partial charge on any atom is -1.00 e. The largest absolute Gasteiger partial charge is 4.00 e. The van der Waals surface area contributed by atoms with Crippen molar-refractivity contribution in [3.8, 4) is 5.69 Å². The van der Waals surface area contributed by atoms with Crippen molar-refractivity contribution in [2.75, 3.05) is 0 Å². The van der Waals surface area contributed by atoms with Crippen LogP contribution in [-0.4, -0.2) is 4.57 Å². The van der Waals surface area contributed by atoms with Crippen molar-refractivity contribution in [1.29, 1.82) is 0 Å². The Morgan fingerprint density at radius 3 is 2.33 bits per heavy atom. The van der Waals surface area contributed by atoms with Crippen LogP contribution in [-0.2, 0) is 25.8 Å². The number of halogens is 2. The van der Waals surface area contributed by atoms with E-state index >= 15 is 0 Å². The van der Waals surface area contributed by atoms with E-state index in [4.69, 9.17) is 0 Å². The summed E-state index contributed by atoms with van der Waals surface area (Å²) in [5.74, 6) is 4.30. The van der Waals surface area contributed by atoms with Crippen molar-refractivity contribution in [2.45, 2.75) is 13.8 Å². The molecule has 1 aromatic heterocycles. The number of rotatable bonds is 1. The third-order valence-corrected chi connectivity index (χ3v) is 4.41. The van der Waals surface area contributed by atoms with Gasteiger partial charge < -0.3 is 29.4 Å². The molecule has 3 aromatic carbocycles. The zero-order valence-electron chi connectivity index (χ0n) is 13.6. The number of hydrogen-bond acceptors (Lipinski definition) is 0. The average molecular weight is 541 g/mol. The summed E-state index contributed by atoms with van der Waals surface area (Å²) < 4.78 is 2.17. The molecule has 4 aromatic rings. The molecule has 0 aliphatic carbocycles. The summed E-state index contributed by atoms with van der Waals surface area (Å²) in [5.41, 5.74) is 4.03. The number of hydrogen-bond donors (Lipinski definition) is 0. The Hall–Kier alpha value is -0.660. The molecule has 4 rings (SSSR count). The van der Waals surface area contributed by atoms with E-state index < -0.39 is 0 Å². The summed E-state index contributed by atoms with van der Waals surface area (Å²) in [6, 6.07) is 19.2. The fraction of sp³-hybridized carbons (Fsp3) is 0.105. The van der Waals surface area contributed by atoms with Gasteiger partial charge in [0.15, 0.2) is 0 Å². The first-order valence-electron chi connectivity index (χ1n) is 7.07. The van der Waals surface area contributed by atoms with Gasteiger partial charge in [0, 0.05) is 12.1 Å². The molecule has 1 nitrogen and oxygen atoms in total. The van der Waals surface area contributed by atoms with E-state index in [0.29, 0.717) is 0 Å². The zero-order chi connectivity index (χ0) is 14.7. The number of aryl methyl sites for hydroxylation is 2. The van der Waals surface area contributed by atoms with Gasteiger partial charge in [-0.15, -0.1) is 41.1 Å². The van der Waals surface area contributed by atoms with Gasteiger partial charge in [0.25, 0.3) is 0 Å². The van der Waals surface area contributed by atoms with E-state index in [2.05, 4.69) is 90.9 Å². The molecule has 0 atom stereocenters. The molecule has 0 saturated heterocycles. The molecule has 0 fully saturated rings. The molecule has 122 valence electrons. The summed E-state index contributed by atoms with van der Waals surface area (Å²) in [6.45, 7) is 4.24. The molecular weight excluding hydrogens is 523 g/mol. The molecule has 0 aliphatic heterocycles. The zero-order valence-corrected chi connectivity index (χ0v) is 19.6. The maximum absolute atomic E-state index is 2.22. The Labute approximate surface area is 176 Å². The third kappa shape index (κ3) is 5.70. The molecule has 0 bridgehead atoms. The van der Waals surface area contributed by atoms with Gasteiger partial charge in [-0.1, -0.05) is 28.1 Å². The van der Waals surface area contributed by atoms with E-state index in [-0.39, 0.29) is 50.7 Å². The molecule has 0 N–H and O–H groups in total. The second-order valence-electron chi connectivity index (χ2n) is 5.20. The number of fused-ring (bicyclic) bond motifs is 1. The Bertz CT molecular complexity index is 784. The first-order chi connectivity index (χ1) is 10.2. The van der Waals surface area contributed by atoms with E-state index in [1.807, 2.05) is 0 Å². The Morgan fingerprint density at radius 2 is 1.83 bits per heavy atom. The molecule has 0 aliphatic rings. The first kappa shape index (κ1) is 23.3. The van der Waals surface area contributed by atoms with Crippen molar-refractivity contribution in [3.05, 3.63) is 83.6 Å². The second-order valence-corrected chi connectivity index (χ2v) is 6.03. The van der Waals surface area contributed by atoms with Gasteiger partial charge in [0.05, 0.1) is 0 Å². The normalized spacial score (nSPS) is 9.42. The van der Waals surface area contributed by atoms with Crippen molar-refractivity contribution < 1.29 is 50.7 Å². The minimum atomic E-state index is 0. The van der Waals surface area contributed by atoms with Gasteiger partial charge in [-0.05, 0) is 11.5 Å². The molecule has 0 saturated carbocycles. The van der Waals surface area contributed by atoms with Crippen molar-refractivity contribution >= 4 is 19.0 Å². The van der Waals surface area contributed by atoms with Crippen LogP contribution in [0.25, 0.3) is 16.5 Å². The molecule has 0 spiro atoms. The van der Waals surface area contributed by atoms with Crippen LogP contribution in [0.1, 0.15) is 11.1 Å². The van der Waals surface area contributed by atoms with Gasteiger partial charge >= 0.3 is 25.8 Å². The first-order valence-corrected chi connectivity index (χ1v) is 8.10. The quantitative estimate of drug-likeness (QED) is 0.236. The van der Waals surface area contributed by atoms with Crippen LogP contribution in [0.3, 0.4) is 0 Å². The van der Waals surface area contributed by atoms with Crippen LogP contribution in [0.5, 0.6) is 0 Å². The fourth-order valence-corrected chi connectivity index (χ4v) is 2.95. The van der Waals surface area contributed by atoms with Crippen LogP contribution in [0, 0.1) is 13.8 Å². The summed E-state index contributed by atoms with van der Waals surface area (Å²) in [7, 11) is 1.26. The van der Waals surface area contributed by atoms with Gasteiger partial charge in [-0.25, -0.2) is 12.1 Å². The molecule has 0 unspecified atom stereocenters. The van der Waals surface area contributed by atoms with E-state index in [1.54, 1.807) is 0 Å². The number of benzene rings is 1. The van der Waals surface area contributed by atoms with E-state index in [0.717, 1.165) is 0 Å². The monoisotopic (exact) mass is 541 g/mol. The Balaban J connectivity index is 0.000000463. The molecular formula is C19H18Cl2HfNP. The van der Waals surface area contributed by atoms with Crippen molar-refractivity contribution in [1.82, 2.24) is 4.57 Å². The number of aromatic nitrogens is 1. The van der Waals surface area contributed by atoms with Crippen LogP contribution >= 0.6 is 8.19 Å². The van der Waals surface area contributed by atoms with Gasteiger partial charge in [0.1, 0.15) is 0 Å². The maximum atomic E-state index is 2.22. The molecule has 0 amide bonds. The standard InChI is InChI=1S/C12H9NP.C7H9.2ClH.Hf/c1-2-4-11-8-12(7-10(11)3-1)13-5-6-14-9-13;1-6-4-3-5-7(6)2;;;/h1-9H;3-5H,1-2H3;2*1H;/q2*-1;;;+4/p-2. The molecule has 0 radical (unpaired) electrons. The van der Waals surface area contributed by atoms with E-state index in [1.165, 1.54) is 35.8 Å². The molecule has 24 heavy (non-hydrogen) atoms. The average Bonchev–Trinajstić information content (AvgIpc) is 3.21. The summed E-state index contributed by atoms with van der Waals surface area (Å²) in [6.07, 6.45) is 2.11. The van der Waals surface area contributed by atoms with Crippen LogP contribution < -0.4 is 24.8 Å². The van der Waals surface area contributed by atoms with Crippen molar-refractivity contribution in [2.24, 2.45) is 0 Å². The van der Waals surface area contributed by atoms with Crippen molar-refractivity contribution in [3.63, 3.8) is 0 Å². The van der Waals surface area contributed by atoms with Gasteiger partial charge in [0.2, 0.25) is 0 Å². The molecule has 1 heterocycles. The van der Waals surface area contributed by atoms with Gasteiger partial charge in [-0.2, -0.15) is 17.2 Å². The summed E-state index contributed by atoms with van der Waals surface area (Å²) in [4.78, 5) is 0. The predicted octanol–water partition coefficient (Wildman–Crippen LogP) is -0.0427. The van der Waals surface area contributed by atoms with Crippen LogP contribution in [0.4, 0.5) is 0 Å². The fourth-order valence-electron chi connectivity index (χ4n) is 2.29. The molecule has 5 heteroatoms. The Kier molecular flexibility index (Phi) is 10.7. The summed E-state index contributed by atoms with van der Waals surface area (Å²) in [5, 5.41) is 2.63. The van der Waals surface area contributed by atoms with Crippen LogP contribution in [0.15, 0.2) is 72.5 Å².